The Morgan fingerprint density at radius 1 is 0.903 bits per heavy atom. The maximum absolute atomic E-state index is 12.8. The Labute approximate surface area is 188 Å². The van der Waals surface area contributed by atoms with E-state index in [2.05, 4.69) is 49.4 Å². The second-order valence-electron chi connectivity index (χ2n) is 9.53. The number of unbranched alkanes of at least 4 members (excludes halogenated alkanes) is 1. The summed E-state index contributed by atoms with van der Waals surface area (Å²) in [5, 5.41) is 8.45. The summed E-state index contributed by atoms with van der Waals surface area (Å²) >= 11 is 0. The summed E-state index contributed by atoms with van der Waals surface area (Å²) in [6.45, 7) is 2.26. The number of hydrogen-bond donors (Lipinski definition) is 0. The highest BCUT2D eigenvalue weighted by molar-refractivity contribution is 5.26. The first-order valence-electron chi connectivity index (χ1n) is 12.4. The summed E-state index contributed by atoms with van der Waals surface area (Å²) in [4.78, 5) is 0. The number of nitrogens with zero attached hydrogens (tertiary/aromatic N) is 1. The fraction of sp³-hybridized carbons (Fsp3) is 0.552. The van der Waals surface area contributed by atoms with Crippen molar-refractivity contribution in [3.63, 3.8) is 0 Å². The fourth-order valence-corrected chi connectivity index (χ4v) is 5.16. The van der Waals surface area contributed by atoms with Gasteiger partial charge in [-0.2, -0.15) is 9.65 Å². The first kappa shape index (κ1) is 23.5. The van der Waals surface area contributed by atoms with Crippen LogP contribution in [-0.4, -0.2) is 0 Å². The van der Waals surface area contributed by atoms with Crippen molar-refractivity contribution in [3.05, 3.63) is 71.6 Å². The molecule has 0 aromatic heterocycles. The van der Waals surface area contributed by atoms with E-state index in [4.69, 9.17) is 5.26 Å². The Balaban J connectivity index is 1.38. The molecule has 0 amide bonds. The zero-order valence-electron chi connectivity index (χ0n) is 19.1. The van der Waals surface area contributed by atoms with Gasteiger partial charge in [0.15, 0.2) is 5.83 Å². The lowest BCUT2D eigenvalue weighted by Crippen LogP contribution is -2.14. The average molecular weight is 420 g/mol. The molecule has 2 heteroatoms. The lowest BCUT2D eigenvalue weighted by molar-refractivity contribution is 0.348. The van der Waals surface area contributed by atoms with Gasteiger partial charge < -0.3 is 0 Å². The summed E-state index contributed by atoms with van der Waals surface area (Å²) in [6.07, 6.45) is 23.8. The van der Waals surface area contributed by atoms with Gasteiger partial charge in [-0.05, 0) is 105 Å². The quantitative estimate of drug-likeness (QED) is 0.235. The molecule has 0 radical (unpaired) electrons. The summed E-state index contributed by atoms with van der Waals surface area (Å²) in [7, 11) is 0. The van der Waals surface area contributed by atoms with Gasteiger partial charge in [-0.25, -0.2) is 0 Å². The molecule has 2 aliphatic rings. The predicted molar refractivity (Wildman–Crippen MR) is 128 cm³/mol. The van der Waals surface area contributed by atoms with Crippen molar-refractivity contribution in [1.29, 1.82) is 5.26 Å². The highest BCUT2D eigenvalue weighted by atomic mass is 19.1. The van der Waals surface area contributed by atoms with E-state index in [0.717, 1.165) is 24.7 Å². The van der Waals surface area contributed by atoms with E-state index in [9.17, 15) is 4.39 Å². The third kappa shape index (κ3) is 7.80. The Kier molecular flexibility index (Phi) is 9.60. The van der Waals surface area contributed by atoms with E-state index < -0.39 is 5.83 Å². The third-order valence-corrected chi connectivity index (χ3v) is 7.25. The van der Waals surface area contributed by atoms with E-state index in [1.54, 1.807) is 11.6 Å². The second kappa shape index (κ2) is 12.7. The summed E-state index contributed by atoms with van der Waals surface area (Å²) in [5.41, 5.74) is 3.02. The normalized spacial score (nSPS) is 27.6. The van der Waals surface area contributed by atoms with Crippen LogP contribution in [-0.2, 0) is 6.42 Å². The van der Waals surface area contributed by atoms with Gasteiger partial charge in [-0.1, -0.05) is 61.9 Å². The Bertz CT molecular complexity index is 779. The van der Waals surface area contributed by atoms with Gasteiger partial charge in [0, 0.05) is 0 Å². The van der Waals surface area contributed by atoms with Crippen molar-refractivity contribution < 1.29 is 4.39 Å². The predicted octanol–water partition coefficient (Wildman–Crippen LogP) is 8.60. The fourth-order valence-electron chi connectivity index (χ4n) is 5.16. The molecule has 31 heavy (non-hydrogen) atoms. The molecule has 0 bridgehead atoms. The maximum Gasteiger partial charge on any atom is 0.199 e. The number of halogens is 1. The van der Waals surface area contributed by atoms with E-state index in [1.165, 1.54) is 75.5 Å². The molecule has 2 aliphatic carbocycles. The molecule has 1 aromatic rings. The van der Waals surface area contributed by atoms with Gasteiger partial charge in [0.05, 0.1) is 0 Å². The van der Waals surface area contributed by atoms with Gasteiger partial charge in [0.1, 0.15) is 6.07 Å². The SMILES string of the molecule is CCCCc1ccc([C@H]2CC[C@H](/C=C/[C@H]3CC[C@H](C=CC=C(F)C#N)CC3)CC2)cc1. The van der Waals surface area contributed by atoms with Crippen LogP contribution >= 0.6 is 0 Å². The van der Waals surface area contributed by atoms with Crippen molar-refractivity contribution in [2.75, 3.05) is 0 Å². The first-order chi connectivity index (χ1) is 15.2. The van der Waals surface area contributed by atoms with E-state index >= 15 is 0 Å². The number of allylic oxidation sites excluding steroid dienone is 6. The minimum atomic E-state index is -0.716. The van der Waals surface area contributed by atoms with E-state index in [-0.39, 0.29) is 0 Å². The average Bonchev–Trinajstić information content (AvgIpc) is 2.83. The highest BCUT2D eigenvalue weighted by Gasteiger charge is 2.22. The van der Waals surface area contributed by atoms with Crippen LogP contribution in [0.2, 0.25) is 0 Å². The number of hydrogen-bond acceptors (Lipinski definition) is 1. The number of nitriles is 1. The lowest BCUT2D eigenvalue weighted by atomic mass is 9.77. The molecule has 166 valence electrons. The Morgan fingerprint density at radius 2 is 1.45 bits per heavy atom. The summed E-state index contributed by atoms with van der Waals surface area (Å²) in [6, 6.07) is 11.0. The minimum absolute atomic E-state index is 0.524. The second-order valence-corrected chi connectivity index (χ2v) is 9.53. The lowest BCUT2D eigenvalue weighted by Gasteiger charge is -2.28. The van der Waals surface area contributed by atoms with E-state index in [0.29, 0.717) is 11.8 Å². The molecule has 1 nitrogen and oxygen atoms in total. The standard InChI is InChI=1S/C29H38FN/c1-2-3-5-23-14-18-27(19-15-23)28-20-16-26(17-21-28)13-12-25-10-8-24(9-11-25)6-4-7-29(30)22-31/h4,6-7,12-15,18-19,24-26,28H,2-3,5,8-11,16-17,20-21H2,1H3/b6-4?,13-12+,29-7?/t24-,25-,26-,28-. The topological polar surface area (TPSA) is 23.8 Å². The number of rotatable bonds is 8. The molecule has 0 atom stereocenters. The van der Waals surface area contributed by atoms with Crippen LogP contribution < -0.4 is 0 Å². The molecule has 0 spiro atoms. The Hall–Kier alpha value is -2.14. The first-order valence-corrected chi connectivity index (χ1v) is 12.4. The van der Waals surface area contributed by atoms with Gasteiger partial charge in [0.25, 0.3) is 0 Å². The van der Waals surface area contributed by atoms with E-state index in [1.807, 2.05) is 0 Å². The van der Waals surface area contributed by atoms with Crippen molar-refractivity contribution in [2.24, 2.45) is 17.8 Å². The maximum atomic E-state index is 12.8. The summed E-state index contributed by atoms with van der Waals surface area (Å²) < 4.78 is 12.8. The van der Waals surface area contributed by atoms with Crippen LogP contribution in [0.15, 0.2) is 60.5 Å². The monoisotopic (exact) mass is 419 g/mol. The molecule has 0 N–H and O–H groups in total. The smallest absolute Gasteiger partial charge is 0.195 e. The van der Waals surface area contributed by atoms with Gasteiger partial charge in [-0.15, -0.1) is 0 Å². The van der Waals surface area contributed by atoms with Crippen LogP contribution in [0.1, 0.15) is 88.2 Å². The summed E-state index contributed by atoms with van der Waals surface area (Å²) in [5.74, 6) is 2.00. The van der Waals surface area contributed by atoms with Gasteiger partial charge in [-0.3, -0.25) is 0 Å². The minimum Gasteiger partial charge on any atom is -0.195 e. The number of aryl methyl sites for hydroxylation is 1. The zero-order chi connectivity index (χ0) is 21.9. The molecular weight excluding hydrogens is 381 g/mol. The third-order valence-electron chi connectivity index (χ3n) is 7.25. The van der Waals surface area contributed by atoms with Crippen LogP contribution in [0.3, 0.4) is 0 Å². The van der Waals surface area contributed by atoms with Crippen molar-refractivity contribution in [1.82, 2.24) is 0 Å². The van der Waals surface area contributed by atoms with Crippen LogP contribution in [0.4, 0.5) is 4.39 Å². The van der Waals surface area contributed by atoms with Gasteiger partial charge in [0.2, 0.25) is 0 Å². The zero-order valence-corrected chi connectivity index (χ0v) is 19.1. The molecule has 1 aromatic carbocycles. The molecular formula is C29H38FN. The molecule has 0 aliphatic heterocycles. The van der Waals surface area contributed by atoms with Crippen molar-refractivity contribution in [2.45, 2.75) is 83.5 Å². The molecule has 2 saturated carbocycles. The largest absolute Gasteiger partial charge is 0.199 e. The molecule has 0 heterocycles. The number of benzene rings is 1. The molecule has 3 rings (SSSR count). The molecule has 0 saturated heterocycles. The van der Waals surface area contributed by atoms with Crippen molar-refractivity contribution >= 4 is 0 Å². The van der Waals surface area contributed by atoms with Crippen molar-refractivity contribution in [3.8, 4) is 6.07 Å². The van der Waals surface area contributed by atoms with Crippen LogP contribution in [0.25, 0.3) is 0 Å². The van der Waals surface area contributed by atoms with Crippen LogP contribution in [0.5, 0.6) is 0 Å². The Morgan fingerprint density at radius 3 is 2.00 bits per heavy atom. The molecule has 2 fully saturated rings. The highest BCUT2D eigenvalue weighted by Crippen LogP contribution is 2.37. The molecule has 0 unspecified atom stereocenters. The van der Waals surface area contributed by atoms with Crippen LogP contribution in [0, 0.1) is 29.1 Å². The van der Waals surface area contributed by atoms with Gasteiger partial charge >= 0.3 is 0 Å².